The molecule has 0 aliphatic carbocycles. The molecule has 0 amide bonds. The second-order valence-electron chi connectivity index (χ2n) is 5.53. The monoisotopic (exact) mass is 263 g/mol. The molecule has 0 aliphatic rings. The van der Waals surface area contributed by atoms with Gasteiger partial charge in [-0.2, -0.15) is 0 Å². The van der Waals surface area contributed by atoms with Crippen LogP contribution in [0.25, 0.3) is 0 Å². The lowest BCUT2D eigenvalue weighted by Crippen LogP contribution is -2.36. The number of nitrogens with two attached hydrogens (primary N) is 1. The van der Waals surface area contributed by atoms with Crippen LogP contribution in [-0.2, 0) is 16.0 Å². The summed E-state index contributed by atoms with van der Waals surface area (Å²) >= 11 is 0. The Balaban J connectivity index is 2.69. The molecule has 1 aromatic rings. The van der Waals surface area contributed by atoms with Crippen molar-refractivity contribution in [2.45, 2.75) is 46.3 Å². The largest absolute Gasteiger partial charge is 0.461 e. The van der Waals surface area contributed by atoms with E-state index in [-0.39, 0.29) is 12.1 Å². The van der Waals surface area contributed by atoms with Crippen LogP contribution in [0.4, 0.5) is 0 Å². The Bertz CT molecular complexity index is 387. The van der Waals surface area contributed by atoms with E-state index in [0.29, 0.717) is 11.8 Å². The van der Waals surface area contributed by atoms with Gasteiger partial charge >= 0.3 is 5.97 Å². The van der Waals surface area contributed by atoms with Gasteiger partial charge in [-0.1, -0.05) is 44.2 Å². The zero-order valence-electron chi connectivity index (χ0n) is 12.3. The number of ether oxygens (including phenoxy) is 1. The highest BCUT2D eigenvalue weighted by atomic mass is 16.5. The summed E-state index contributed by atoms with van der Waals surface area (Å²) in [5.74, 6) is 0.410. The maximum atomic E-state index is 11.6. The van der Waals surface area contributed by atoms with Crippen LogP contribution < -0.4 is 5.73 Å². The van der Waals surface area contributed by atoms with Crippen molar-refractivity contribution in [1.29, 1.82) is 0 Å². The van der Waals surface area contributed by atoms with Crippen molar-refractivity contribution in [3.05, 3.63) is 35.9 Å². The van der Waals surface area contributed by atoms with Gasteiger partial charge in [0.25, 0.3) is 0 Å². The number of benzene rings is 1. The maximum absolute atomic E-state index is 11.6. The standard InChI is InChI=1S/C16H25NO2/c1-11(2)15(10-14-8-6-5-7-9-14)13(4)19-16(18)12(3)17/h5-9,11-13,15H,10,17H2,1-4H3/t12-,13-,15+/m0/s1. The molecular formula is C16H25NO2. The number of carbonyl (C=O) groups is 1. The second-order valence-corrected chi connectivity index (χ2v) is 5.53. The smallest absolute Gasteiger partial charge is 0.322 e. The molecule has 19 heavy (non-hydrogen) atoms. The topological polar surface area (TPSA) is 52.3 Å². The highest BCUT2D eigenvalue weighted by Crippen LogP contribution is 2.23. The summed E-state index contributed by atoms with van der Waals surface area (Å²) in [7, 11) is 0. The minimum atomic E-state index is -0.563. The predicted molar refractivity (Wildman–Crippen MR) is 77.7 cm³/mol. The lowest BCUT2D eigenvalue weighted by molar-refractivity contribution is -0.152. The Labute approximate surface area is 116 Å². The molecule has 3 nitrogen and oxygen atoms in total. The fourth-order valence-electron chi connectivity index (χ4n) is 2.21. The van der Waals surface area contributed by atoms with E-state index in [2.05, 4.69) is 26.0 Å². The van der Waals surface area contributed by atoms with Crippen molar-refractivity contribution in [3.63, 3.8) is 0 Å². The third-order valence-corrected chi connectivity index (χ3v) is 3.45. The van der Waals surface area contributed by atoms with E-state index in [9.17, 15) is 4.79 Å². The van der Waals surface area contributed by atoms with E-state index in [4.69, 9.17) is 10.5 Å². The Morgan fingerprint density at radius 1 is 1.16 bits per heavy atom. The molecule has 2 N–H and O–H groups in total. The highest BCUT2D eigenvalue weighted by molar-refractivity contribution is 5.75. The lowest BCUT2D eigenvalue weighted by atomic mass is 9.85. The van der Waals surface area contributed by atoms with Gasteiger partial charge in [0, 0.05) is 5.92 Å². The van der Waals surface area contributed by atoms with Gasteiger partial charge in [-0.25, -0.2) is 0 Å². The zero-order valence-corrected chi connectivity index (χ0v) is 12.3. The first kappa shape index (κ1) is 15.7. The van der Waals surface area contributed by atoms with Crippen LogP contribution in [0.1, 0.15) is 33.3 Å². The van der Waals surface area contributed by atoms with Gasteiger partial charge in [-0.15, -0.1) is 0 Å². The third-order valence-electron chi connectivity index (χ3n) is 3.45. The lowest BCUT2D eigenvalue weighted by Gasteiger charge is -2.28. The number of esters is 1. The van der Waals surface area contributed by atoms with E-state index in [1.165, 1.54) is 5.56 Å². The van der Waals surface area contributed by atoms with Crippen molar-refractivity contribution < 1.29 is 9.53 Å². The molecule has 0 aromatic heterocycles. The zero-order chi connectivity index (χ0) is 14.4. The van der Waals surface area contributed by atoms with E-state index >= 15 is 0 Å². The molecule has 0 saturated carbocycles. The van der Waals surface area contributed by atoms with Crippen LogP contribution >= 0.6 is 0 Å². The van der Waals surface area contributed by atoms with E-state index < -0.39 is 6.04 Å². The Morgan fingerprint density at radius 3 is 2.21 bits per heavy atom. The fraction of sp³-hybridized carbons (Fsp3) is 0.562. The molecule has 3 atom stereocenters. The minimum Gasteiger partial charge on any atom is -0.461 e. The molecule has 0 spiro atoms. The Kier molecular flexibility index (Phi) is 6.03. The van der Waals surface area contributed by atoms with E-state index in [0.717, 1.165) is 6.42 Å². The van der Waals surface area contributed by atoms with Crippen LogP contribution in [0.3, 0.4) is 0 Å². The summed E-state index contributed by atoms with van der Waals surface area (Å²) in [6, 6.07) is 9.72. The second kappa shape index (κ2) is 7.29. The normalized spacial score (nSPS) is 15.9. The van der Waals surface area contributed by atoms with Crippen LogP contribution in [0, 0.1) is 11.8 Å². The Morgan fingerprint density at radius 2 is 1.74 bits per heavy atom. The van der Waals surface area contributed by atoms with Crippen molar-refractivity contribution in [1.82, 2.24) is 0 Å². The first-order valence-electron chi connectivity index (χ1n) is 6.91. The van der Waals surface area contributed by atoms with Gasteiger partial charge in [-0.3, -0.25) is 4.79 Å². The van der Waals surface area contributed by atoms with Gasteiger partial charge in [0.05, 0.1) is 0 Å². The molecule has 1 aromatic carbocycles. The fourth-order valence-corrected chi connectivity index (χ4v) is 2.21. The number of carbonyl (C=O) groups excluding carboxylic acids is 1. The van der Waals surface area contributed by atoms with E-state index in [1.54, 1.807) is 6.92 Å². The molecule has 0 heterocycles. The molecule has 1 rings (SSSR count). The first-order valence-corrected chi connectivity index (χ1v) is 6.91. The van der Waals surface area contributed by atoms with E-state index in [1.807, 2.05) is 25.1 Å². The quantitative estimate of drug-likeness (QED) is 0.803. The van der Waals surface area contributed by atoms with Crippen molar-refractivity contribution in [2.75, 3.05) is 0 Å². The maximum Gasteiger partial charge on any atom is 0.322 e. The minimum absolute atomic E-state index is 0.126. The molecule has 0 saturated heterocycles. The number of rotatable bonds is 6. The molecule has 0 radical (unpaired) electrons. The van der Waals surface area contributed by atoms with Crippen LogP contribution in [0.15, 0.2) is 30.3 Å². The van der Waals surface area contributed by atoms with Crippen LogP contribution in [0.5, 0.6) is 0 Å². The molecule has 106 valence electrons. The number of hydrogen-bond acceptors (Lipinski definition) is 3. The summed E-state index contributed by atoms with van der Waals surface area (Å²) < 4.78 is 5.44. The SMILES string of the molecule is CC(C)[C@@H](Cc1ccccc1)[C@H](C)OC(=O)[C@H](C)N. The Hall–Kier alpha value is -1.35. The average molecular weight is 263 g/mol. The summed E-state index contributed by atoms with van der Waals surface area (Å²) in [5, 5.41) is 0. The average Bonchev–Trinajstić information content (AvgIpc) is 2.36. The summed E-state index contributed by atoms with van der Waals surface area (Å²) in [6.45, 7) is 7.91. The third kappa shape index (κ3) is 5.03. The number of hydrogen-bond donors (Lipinski definition) is 1. The summed E-state index contributed by atoms with van der Waals surface area (Å²) in [5.41, 5.74) is 6.81. The van der Waals surface area contributed by atoms with Gasteiger partial charge in [-0.05, 0) is 31.7 Å². The van der Waals surface area contributed by atoms with Crippen molar-refractivity contribution in [3.8, 4) is 0 Å². The molecule has 0 unspecified atom stereocenters. The highest BCUT2D eigenvalue weighted by Gasteiger charge is 2.25. The first-order chi connectivity index (χ1) is 8.91. The molecular weight excluding hydrogens is 238 g/mol. The van der Waals surface area contributed by atoms with Crippen molar-refractivity contribution in [2.24, 2.45) is 17.6 Å². The molecule has 0 fully saturated rings. The van der Waals surface area contributed by atoms with Crippen LogP contribution in [0.2, 0.25) is 0 Å². The van der Waals surface area contributed by atoms with Gasteiger partial charge < -0.3 is 10.5 Å². The van der Waals surface area contributed by atoms with Gasteiger partial charge in [0.2, 0.25) is 0 Å². The van der Waals surface area contributed by atoms with Gasteiger partial charge in [0.15, 0.2) is 0 Å². The molecule has 0 bridgehead atoms. The molecule has 3 heteroatoms. The van der Waals surface area contributed by atoms with Crippen LogP contribution in [-0.4, -0.2) is 18.1 Å². The van der Waals surface area contributed by atoms with Crippen molar-refractivity contribution >= 4 is 5.97 Å². The summed E-state index contributed by atoms with van der Waals surface area (Å²) in [4.78, 5) is 11.6. The van der Waals surface area contributed by atoms with Gasteiger partial charge in [0.1, 0.15) is 12.1 Å². The summed E-state index contributed by atoms with van der Waals surface area (Å²) in [6.07, 6.45) is 0.782. The molecule has 0 aliphatic heterocycles. The predicted octanol–water partition coefficient (Wildman–Crippen LogP) is 2.78.